The zero-order valence-electron chi connectivity index (χ0n) is 13.5. The van der Waals surface area contributed by atoms with Crippen LogP contribution in [-0.2, 0) is 0 Å². The summed E-state index contributed by atoms with van der Waals surface area (Å²) in [6, 6.07) is 0. The molecule has 0 heterocycles. The first-order valence-corrected chi connectivity index (χ1v) is 4.24. The summed E-state index contributed by atoms with van der Waals surface area (Å²) in [5.41, 5.74) is 0. The number of hydrogen-bond donors (Lipinski definition) is 0. The van der Waals surface area contributed by atoms with Gasteiger partial charge in [-0.15, -0.1) is 0 Å². The first kappa shape index (κ1) is 53.0. The SMILES string of the molecule is C.C.C.C.CCC.CCC.CCC.[2HH].[2H][2H].[2H][2H].[BH4-].[I-].[Li+]. The maximum Gasteiger partial charge on any atom is 1.00 e. The molecular formula is C13H50BILi-. The molecule has 3 heteroatoms. The van der Waals surface area contributed by atoms with Gasteiger partial charge in [-0.1, -0.05) is 98.9 Å². The molecule has 0 aromatic rings. The third-order valence-electron chi connectivity index (χ3n) is 0. The Morgan fingerprint density at radius 2 is 0.625 bits per heavy atom. The molecule has 0 rings (SSSR count). The Bertz CT molecular complexity index is 37.3. The zero-order valence-corrected chi connectivity index (χ0v) is 11.7. The normalized spacial score (nSPS) is 4.38. The number of hydrogen-bond acceptors (Lipinski definition) is 0. The number of rotatable bonds is 0. The quantitative estimate of drug-likeness (QED) is 0.426. The van der Waals surface area contributed by atoms with E-state index in [-0.39, 0.29) is 82.4 Å². The van der Waals surface area contributed by atoms with Crippen molar-refractivity contribution in [1.82, 2.24) is 0 Å². The maximum absolute atomic E-state index is 5.00. The average Bonchev–Trinajstić information content (AvgIpc) is 2.14. The Hall–Kier alpha value is 1.39. The number of halogens is 1. The summed E-state index contributed by atoms with van der Waals surface area (Å²) < 4.78 is 20.0. The van der Waals surface area contributed by atoms with Gasteiger partial charge in [-0.05, 0) is 0 Å². The van der Waals surface area contributed by atoms with E-state index in [0.29, 0.717) is 0 Å². The molecule has 0 N–H and O–H groups in total. The van der Waals surface area contributed by atoms with Crippen molar-refractivity contribution in [2.45, 2.75) is 90.5 Å². The molecule has 0 saturated carbocycles. The summed E-state index contributed by atoms with van der Waals surface area (Å²) in [6.07, 6.45) is 3.75. The van der Waals surface area contributed by atoms with E-state index >= 15 is 0 Å². The first-order valence-electron chi connectivity index (χ1n) is 6.24. The molecule has 0 fully saturated rings. The van der Waals surface area contributed by atoms with Crippen LogP contribution >= 0.6 is 0 Å². The molecule has 0 aliphatic rings. The molecule has 0 amide bonds. The van der Waals surface area contributed by atoms with Crippen LogP contribution in [0.1, 0.15) is 97.9 Å². The van der Waals surface area contributed by atoms with Crippen LogP contribution in [0.25, 0.3) is 0 Å². The van der Waals surface area contributed by atoms with E-state index in [1.54, 1.807) is 0 Å². The fraction of sp³-hybridized carbons (Fsp3) is 1.00. The minimum absolute atomic E-state index is 0. The third-order valence-corrected chi connectivity index (χ3v) is 0. The third kappa shape index (κ3) is 1640. The summed E-state index contributed by atoms with van der Waals surface area (Å²) >= 11 is 0. The van der Waals surface area contributed by atoms with Crippen molar-refractivity contribution in [2.24, 2.45) is 0 Å². The fourth-order valence-corrected chi connectivity index (χ4v) is 0. The molecule has 0 spiro atoms. The minimum atomic E-state index is 0. The van der Waals surface area contributed by atoms with Gasteiger partial charge in [0.15, 0.2) is 0 Å². The van der Waals surface area contributed by atoms with Crippen molar-refractivity contribution in [3.63, 3.8) is 0 Å². The van der Waals surface area contributed by atoms with Crippen LogP contribution in [0.3, 0.4) is 0 Å². The van der Waals surface area contributed by atoms with E-state index in [2.05, 4.69) is 41.5 Å². The van der Waals surface area contributed by atoms with E-state index in [0.717, 1.165) is 0 Å². The van der Waals surface area contributed by atoms with E-state index in [4.69, 9.17) is 5.94 Å². The predicted octanol–water partition coefficient (Wildman–Crippen LogP) is 0.0877. The second-order valence-corrected chi connectivity index (χ2v) is 2.12. The smallest absolute Gasteiger partial charge is 1.00 e. The summed E-state index contributed by atoms with van der Waals surface area (Å²) in [5.74, 6) is 0. The van der Waals surface area contributed by atoms with Crippen molar-refractivity contribution in [3.05, 3.63) is 0 Å². The molecule has 0 radical (unpaired) electrons. The van der Waals surface area contributed by atoms with Crippen LogP contribution < -0.4 is 42.8 Å². The van der Waals surface area contributed by atoms with Crippen LogP contribution in [0.2, 0.25) is 0 Å². The van der Waals surface area contributed by atoms with Gasteiger partial charge in [-0.2, -0.15) is 0 Å². The van der Waals surface area contributed by atoms with Crippen molar-refractivity contribution in [1.29, 1.82) is 0 Å². The topological polar surface area (TPSA) is 0 Å². The van der Waals surface area contributed by atoms with Gasteiger partial charge in [0.05, 0.1) is 0 Å². The van der Waals surface area contributed by atoms with Crippen molar-refractivity contribution in [3.8, 4) is 0 Å². The second kappa shape index (κ2) is 201. The fourth-order valence-electron chi connectivity index (χ4n) is 0. The molecule has 0 unspecified atom stereocenters. The summed E-state index contributed by atoms with van der Waals surface area (Å²) in [6.45, 7) is 12.8. The Labute approximate surface area is 149 Å². The molecule has 0 saturated heterocycles. The van der Waals surface area contributed by atoms with E-state index in [1.807, 2.05) is 0 Å². The van der Waals surface area contributed by atoms with Gasteiger partial charge in [0.25, 0.3) is 0 Å². The Balaban J connectivity index is -0.00000000319. The zero-order chi connectivity index (χ0) is 12.1. The van der Waals surface area contributed by atoms with Crippen molar-refractivity contribution < 1.29 is 50.2 Å². The maximum atomic E-state index is 5.00. The Morgan fingerprint density at radius 3 is 0.625 bits per heavy atom. The Morgan fingerprint density at radius 1 is 0.625 bits per heavy atom. The molecule has 0 atom stereocenters. The Kier molecular flexibility index (Phi) is 667. The van der Waals surface area contributed by atoms with Gasteiger partial charge in [0.1, 0.15) is 0 Å². The largest absolute Gasteiger partial charge is 1.00 e. The summed E-state index contributed by atoms with van der Waals surface area (Å²) in [4.78, 5) is 0. The molecule has 0 aliphatic carbocycles. The van der Waals surface area contributed by atoms with Crippen LogP contribution in [0.4, 0.5) is 0 Å². The first-order chi connectivity index (χ1) is 6.24. The molecule has 0 aliphatic heterocycles. The van der Waals surface area contributed by atoms with Crippen LogP contribution in [-0.4, -0.2) is 8.41 Å². The standard InChI is InChI=1S/3C3H8.4CH4.BH4.HI.Li.3H2/c3*1-3-2;;;;;;;;;;/h3*3H2,1-2H3;5*1H4;1H;;3*1H/q;;;;;;;-1;;+1;;;/p-1/i;;;;;;;;;;2*1+1D;1+1. The van der Waals surface area contributed by atoms with Gasteiger partial charge >= 0.3 is 18.9 Å². The summed E-state index contributed by atoms with van der Waals surface area (Å²) in [5, 5.41) is 0. The van der Waals surface area contributed by atoms with Crippen molar-refractivity contribution in [2.75, 3.05) is 0 Å². The van der Waals surface area contributed by atoms with Gasteiger partial charge < -0.3 is 24.0 Å². The summed E-state index contributed by atoms with van der Waals surface area (Å²) in [7, 11) is 0. The van der Waals surface area contributed by atoms with E-state index in [9.17, 15) is 0 Å². The molecule has 0 nitrogen and oxygen atoms in total. The molecular weight excluding hydrogens is 301 g/mol. The predicted molar refractivity (Wildman–Crippen MR) is 92.5 cm³/mol. The van der Waals surface area contributed by atoms with Gasteiger partial charge in [-0.3, -0.25) is 0 Å². The average molecular weight is 356 g/mol. The monoisotopic (exact) mass is 356 g/mol. The van der Waals surface area contributed by atoms with E-state index < -0.39 is 0 Å². The van der Waals surface area contributed by atoms with Gasteiger partial charge in [0, 0.05) is 7.37 Å². The van der Waals surface area contributed by atoms with Crippen LogP contribution in [0, 0.1) is 0 Å². The van der Waals surface area contributed by atoms with E-state index in [1.165, 1.54) is 19.3 Å². The molecule has 0 aromatic heterocycles. The van der Waals surface area contributed by atoms with Gasteiger partial charge in [0.2, 0.25) is 0 Å². The molecule has 0 bridgehead atoms. The van der Waals surface area contributed by atoms with Gasteiger partial charge in [-0.25, -0.2) is 0 Å². The molecule has 16 heavy (non-hydrogen) atoms. The minimum Gasteiger partial charge on any atom is -1.00 e. The van der Waals surface area contributed by atoms with Crippen molar-refractivity contribution >= 4 is 8.41 Å². The molecule has 114 valence electrons. The second-order valence-electron chi connectivity index (χ2n) is 2.12. The van der Waals surface area contributed by atoms with Crippen LogP contribution in [0.15, 0.2) is 0 Å². The molecule has 0 aromatic carbocycles. The van der Waals surface area contributed by atoms with Crippen LogP contribution in [0.5, 0.6) is 0 Å².